The van der Waals surface area contributed by atoms with E-state index in [1.54, 1.807) is 0 Å². The lowest BCUT2D eigenvalue weighted by atomic mass is 10.1. The molecule has 0 saturated heterocycles. The van der Waals surface area contributed by atoms with E-state index >= 15 is 0 Å². The number of halogens is 1. The first kappa shape index (κ1) is 17.0. The number of rotatable bonds is 6. The second-order valence-electron chi connectivity index (χ2n) is 3.82. The van der Waals surface area contributed by atoms with Gasteiger partial charge in [-0.15, -0.1) is 12.4 Å². The lowest BCUT2D eigenvalue weighted by Gasteiger charge is -2.19. The van der Waals surface area contributed by atoms with Crippen molar-refractivity contribution >= 4 is 30.0 Å². The molecular formula is C13H16ClNO4. The Hall–Kier alpha value is -2.01. The van der Waals surface area contributed by atoms with Gasteiger partial charge in [0.2, 0.25) is 0 Å². The van der Waals surface area contributed by atoms with Crippen molar-refractivity contribution < 1.29 is 19.8 Å². The highest BCUT2D eigenvalue weighted by molar-refractivity contribution is 5.94. The molecule has 6 heteroatoms. The average Bonchev–Trinajstić information content (AvgIpc) is 2.34. The molecule has 104 valence electrons. The van der Waals surface area contributed by atoms with Crippen LogP contribution in [0, 0.1) is 0 Å². The van der Waals surface area contributed by atoms with Gasteiger partial charge in [-0.1, -0.05) is 18.2 Å². The number of carbonyl (C=O) groups is 2. The van der Waals surface area contributed by atoms with Crippen molar-refractivity contribution in [3.63, 3.8) is 0 Å². The number of nitrogens with zero attached hydrogens (tertiary/aromatic N) is 1. The summed E-state index contributed by atoms with van der Waals surface area (Å²) in [5, 5.41) is 17.4. The highest BCUT2D eigenvalue weighted by Gasteiger charge is 2.10. The first-order valence-corrected chi connectivity index (χ1v) is 5.43. The van der Waals surface area contributed by atoms with Gasteiger partial charge in [-0.25, -0.2) is 9.59 Å². The molecule has 0 saturated carbocycles. The molecule has 1 rings (SSSR count). The molecular weight excluding hydrogens is 270 g/mol. The number of anilines is 1. The molecule has 19 heavy (non-hydrogen) atoms. The van der Waals surface area contributed by atoms with Crippen molar-refractivity contribution in [2.75, 3.05) is 18.5 Å². The zero-order valence-electron chi connectivity index (χ0n) is 10.4. The minimum Gasteiger partial charge on any atom is -0.478 e. The largest absolute Gasteiger partial charge is 0.478 e. The van der Waals surface area contributed by atoms with Crippen molar-refractivity contribution in [3.05, 3.63) is 42.0 Å². The summed E-state index contributed by atoms with van der Waals surface area (Å²) in [4.78, 5) is 23.2. The topological polar surface area (TPSA) is 77.8 Å². The van der Waals surface area contributed by atoms with Crippen LogP contribution in [0.2, 0.25) is 0 Å². The number of carboxylic acid groups (broad SMARTS) is 2. The molecule has 0 heterocycles. The van der Waals surface area contributed by atoms with Crippen molar-refractivity contribution in [3.8, 4) is 0 Å². The first-order valence-electron chi connectivity index (χ1n) is 5.43. The molecule has 0 atom stereocenters. The van der Waals surface area contributed by atoms with Gasteiger partial charge in [-0.2, -0.15) is 0 Å². The van der Waals surface area contributed by atoms with Crippen LogP contribution in [-0.4, -0.2) is 35.7 Å². The molecule has 0 amide bonds. The molecule has 0 bridgehead atoms. The van der Waals surface area contributed by atoms with Crippen LogP contribution in [0.15, 0.2) is 42.0 Å². The Morgan fingerprint density at radius 1 is 1.21 bits per heavy atom. The summed E-state index contributed by atoms with van der Waals surface area (Å²) in [7, 11) is 1.83. The molecule has 0 fully saturated rings. The van der Waals surface area contributed by atoms with E-state index in [2.05, 4.69) is 0 Å². The molecule has 1 aromatic carbocycles. The maximum atomic E-state index is 10.8. The minimum atomic E-state index is -1.24. The Labute approximate surface area is 117 Å². The summed E-state index contributed by atoms with van der Waals surface area (Å²) in [6, 6.07) is 9.47. The van der Waals surface area contributed by atoms with E-state index in [0.717, 1.165) is 11.8 Å². The molecule has 0 unspecified atom stereocenters. The number of carboxylic acids is 2. The van der Waals surface area contributed by atoms with Gasteiger partial charge in [0.25, 0.3) is 0 Å². The van der Waals surface area contributed by atoms with Gasteiger partial charge in [0.15, 0.2) is 0 Å². The second kappa shape index (κ2) is 8.16. The lowest BCUT2D eigenvalue weighted by Crippen LogP contribution is -2.20. The van der Waals surface area contributed by atoms with Gasteiger partial charge in [-0.3, -0.25) is 0 Å². The van der Waals surface area contributed by atoms with Crippen molar-refractivity contribution in [2.45, 2.75) is 6.42 Å². The Morgan fingerprint density at radius 2 is 1.79 bits per heavy atom. The summed E-state index contributed by atoms with van der Waals surface area (Å²) in [5.41, 5.74) is 0.850. The molecule has 0 radical (unpaired) electrons. The van der Waals surface area contributed by atoms with Crippen LogP contribution in [-0.2, 0) is 9.59 Å². The predicted molar refractivity (Wildman–Crippen MR) is 74.9 cm³/mol. The molecule has 0 aromatic heterocycles. The van der Waals surface area contributed by atoms with Crippen LogP contribution in [0.3, 0.4) is 0 Å². The SMILES string of the molecule is CN(CC/C(=C\C(=O)O)C(=O)O)c1ccccc1.Cl. The summed E-state index contributed by atoms with van der Waals surface area (Å²) in [6.07, 6.45) is 0.911. The normalized spacial score (nSPS) is 10.5. The van der Waals surface area contributed by atoms with E-state index in [1.807, 2.05) is 42.3 Å². The minimum absolute atomic E-state index is 0. The van der Waals surface area contributed by atoms with E-state index < -0.39 is 11.9 Å². The van der Waals surface area contributed by atoms with Gasteiger partial charge in [-0.05, 0) is 18.6 Å². The van der Waals surface area contributed by atoms with E-state index in [0.29, 0.717) is 6.54 Å². The number of hydrogen-bond acceptors (Lipinski definition) is 3. The number of para-hydroxylation sites is 1. The van der Waals surface area contributed by atoms with Crippen LogP contribution in [0.5, 0.6) is 0 Å². The fourth-order valence-corrected chi connectivity index (χ4v) is 1.49. The molecule has 0 aliphatic heterocycles. The Kier molecular flexibility index (Phi) is 7.29. The number of aliphatic carboxylic acids is 2. The summed E-state index contributed by atoms with van der Waals surface area (Å²) >= 11 is 0. The third kappa shape index (κ3) is 5.92. The fourth-order valence-electron chi connectivity index (χ4n) is 1.49. The standard InChI is InChI=1S/C13H15NO4.ClH/c1-14(11-5-3-2-4-6-11)8-7-10(13(17)18)9-12(15)16;/h2-6,9H,7-8H2,1H3,(H,15,16)(H,17,18);1H/b10-9+;. The van der Waals surface area contributed by atoms with E-state index in [-0.39, 0.29) is 24.4 Å². The summed E-state index contributed by atoms with van der Waals surface area (Å²) in [6.45, 7) is 0.440. The van der Waals surface area contributed by atoms with E-state index in [9.17, 15) is 9.59 Å². The third-order valence-electron chi connectivity index (χ3n) is 2.49. The van der Waals surface area contributed by atoms with Crippen molar-refractivity contribution in [1.82, 2.24) is 0 Å². The van der Waals surface area contributed by atoms with E-state index in [4.69, 9.17) is 10.2 Å². The van der Waals surface area contributed by atoms with E-state index in [1.165, 1.54) is 0 Å². The predicted octanol–water partition coefficient (Wildman–Crippen LogP) is 2.03. The summed E-state index contributed by atoms with van der Waals surface area (Å²) in [5.74, 6) is -2.44. The highest BCUT2D eigenvalue weighted by atomic mass is 35.5. The van der Waals surface area contributed by atoms with Gasteiger partial charge in [0.05, 0.1) is 0 Å². The second-order valence-corrected chi connectivity index (χ2v) is 3.82. The molecule has 1 aromatic rings. The lowest BCUT2D eigenvalue weighted by molar-refractivity contribution is -0.135. The van der Waals surface area contributed by atoms with Gasteiger partial charge >= 0.3 is 11.9 Å². The monoisotopic (exact) mass is 285 g/mol. The quantitative estimate of drug-likeness (QED) is 0.782. The fraction of sp³-hybridized carbons (Fsp3) is 0.231. The van der Waals surface area contributed by atoms with Crippen LogP contribution in [0.1, 0.15) is 6.42 Å². The maximum absolute atomic E-state index is 10.8. The molecule has 0 aliphatic carbocycles. The first-order chi connectivity index (χ1) is 8.50. The van der Waals surface area contributed by atoms with Crippen LogP contribution in [0.4, 0.5) is 5.69 Å². The molecule has 0 aliphatic rings. The van der Waals surface area contributed by atoms with Gasteiger partial charge < -0.3 is 15.1 Å². The third-order valence-corrected chi connectivity index (χ3v) is 2.49. The Balaban J connectivity index is 0.00000324. The van der Waals surface area contributed by atoms with Crippen LogP contribution >= 0.6 is 12.4 Å². The molecule has 0 spiro atoms. The van der Waals surface area contributed by atoms with Crippen molar-refractivity contribution in [2.24, 2.45) is 0 Å². The zero-order chi connectivity index (χ0) is 13.5. The van der Waals surface area contributed by atoms with Crippen LogP contribution in [0.25, 0.3) is 0 Å². The zero-order valence-corrected chi connectivity index (χ0v) is 11.3. The Morgan fingerprint density at radius 3 is 2.26 bits per heavy atom. The van der Waals surface area contributed by atoms with Crippen molar-refractivity contribution in [1.29, 1.82) is 0 Å². The van der Waals surface area contributed by atoms with Gasteiger partial charge in [0, 0.05) is 30.9 Å². The summed E-state index contributed by atoms with van der Waals surface area (Å²) < 4.78 is 0. The number of benzene rings is 1. The molecule has 5 nitrogen and oxygen atoms in total. The van der Waals surface area contributed by atoms with Gasteiger partial charge in [0.1, 0.15) is 0 Å². The Bertz CT molecular complexity index is 459. The molecule has 2 N–H and O–H groups in total. The van der Waals surface area contributed by atoms with Crippen LogP contribution < -0.4 is 4.90 Å². The highest BCUT2D eigenvalue weighted by Crippen LogP contribution is 2.13. The smallest absolute Gasteiger partial charge is 0.331 e. The average molecular weight is 286 g/mol. The maximum Gasteiger partial charge on any atom is 0.331 e. The number of hydrogen-bond donors (Lipinski definition) is 2.